The number of aryl methyl sites for hydroxylation is 2. The largest absolute Gasteiger partial charge is 0.492 e. The minimum absolute atomic E-state index is 0.404. The molecule has 2 nitrogen and oxygen atoms in total. The molecule has 0 aromatic heterocycles. The maximum absolute atomic E-state index is 8.38. The zero-order valence-electron chi connectivity index (χ0n) is 8.30. The fourth-order valence-corrected chi connectivity index (χ4v) is 1.65. The maximum atomic E-state index is 8.38. The van der Waals surface area contributed by atoms with Crippen molar-refractivity contribution in [3.8, 4) is 11.8 Å². The van der Waals surface area contributed by atoms with E-state index in [0.29, 0.717) is 18.1 Å². The first-order valence-corrected chi connectivity index (χ1v) is 4.79. The van der Waals surface area contributed by atoms with Crippen LogP contribution in [0, 0.1) is 25.2 Å². The third kappa shape index (κ3) is 2.65. The average Bonchev–Trinajstić information content (AvgIpc) is 2.09. The van der Waals surface area contributed by atoms with Crippen LogP contribution >= 0.6 is 11.6 Å². The second-order valence-corrected chi connectivity index (χ2v) is 3.56. The minimum Gasteiger partial charge on any atom is -0.492 e. The molecule has 1 aromatic carbocycles. The number of nitriles is 1. The zero-order chi connectivity index (χ0) is 10.6. The Kier molecular flexibility index (Phi) is 3.79. The minimum atomic E-state index is 0.404. The van der Waals surface area contributed by atoms with E-state index in [0.717, 1.165) is 16.9 Å². The molecule has 0 fully saturated rings. The van der Waals surface area contributed by atoms with Crippen molar-refractivity contribution < 1.29 is 4.74 Å². The van der Waals surface area contributed by atoms with Crippen LogP contribution in [0.3, 0.4) is 0 Å². The molecule has 1 aromatic rings. The van der Waals surface area contributed by atoms with Gasteiger partial charge < -0.3 is 4.74 Å². The van der Waals surface area contributed by atoms with Crippen LogP contribution in [0.4, 0.5) is 0 Å². The fraction of sp³-hybridized carbons (Fsp3) is 0.364. The summed E-state index contributed by atoms with van der Waals surface area (Å²) in [7, 11) is 0. The smallest absolute Gasteiger partial charge is 0.125 e. The Balaban J connectivity index is 2.81. The molecule has 0 spiro atoms. The summed E-state index contributed by atoms with van der Waals surface area (Å²) >= 11 is 5.88. The van der Waals surface area contributed by atoms with Crippen LogP contribution in [0.5, 0.6) is 5.75 Å². The van der Waals surface area contributed by atoms with Gasteiger partial charge in [-0.05, 0) is 37.1 Å². The van der Waals surface area contributed by atoms with Crippen LogP contribution in [0.25, 0.3) is 0 Å². The topological polar surface area (TPSA) is 33.0 Å². The lowest BCUT2D eigenvalue weighted by Gasteiger charge is -2.11. The van der Waals surface area contributed by atoms with Gasteiger partial charge in [0.1, 0.15) is 12.4 Å². The van der Waals surface area contributed by atoms with Gasteiger partial charge in [0.25, 0.3) is 0 Å². The molecule has 0 atom stereocenters. The molecule has 0 amide bonds. The highest BCUT2D eigenvalue weighted by Gasteiger charge is 2.04. The van der Waals surface area contributed by atoms with Crippen LogP contribution in [-0.2, 0) is 0 Å². The molecule has 0 saturated heterocycles. The number of nitrogens with zero attached hydrogens (tertiary/aromatic N) is 1. The quantitative estimate of drug-likeness (QED) is 0.716. The predicted molar refractivity (Wildman–Crippen MR) is 56.7 cm³/mol. The van der Waals surface area contributed by atoms with Crippen molar-refractivity contribution in [1.82, 2.24) is 0 Å². The van der Waals surface area contributed by atoms with Crippen LogP contribution in [0.2, 0.25) is 5.02 Å². The van der Waals surface area contributed by atoms with Gasteiger partial charge in [0.2, 0.25) is 0 Å². The predicted octanol–water partition coefficient (Wildman–Crippen LogP) is 3.25. The van der Waals surface area contributed by atoms with Gasteiger partial charge in [-0.3, -0.25) is 0 Å². The number of hydrogen-bond acceptors (Lipinski definition) is 2. The second kappa shape index (κ2) is 4.88. The second-order valence-electron chi connectivity index (χ2n) is 3.13. The lowest BCUT2D eigenvalue weighted by molar-refractivity contribution is 0.322. The van der Waals surface area contributed by atoms with Gasteiger partial charge in [0, 0.05) is 5.02 Å². The standard InChI is InChI=1S/C11H12ClNO/c1-8-6-10(12)7-9(2)11(8)14-5-3-4-13/h6-7H,3,5H2,1-2H3. The summed E-state index contributed by atoms with van der Waals surface area (Å²) in [6.07, 6.45) is 0.404. The highest BCUT2D eigenvalue weighted by atomic mass is 35.5. The Labute approximate surface area is 89.1 Å². The summed E-state index contributed by atoms with van der Waals surface area (Å²) in [4.78, 5) is 0. The summed E-state index contributed by atoms with van der Waals surface area (Å²) in [6, 6.07) is 5.75. The normalized spacial score (nSPS) is 9.57. The van der Waals surface area contributed by atoms with Crippen molar-refractivity contribution in [3.63, 3.8) is 0 Å². The van der Waals surface area contributed by atoms with Crippen LogP contribution < -0.4 is 4.74 Å². The van der Waals surface area contributed by atoms with Crippen molar-refractivity contribution in [1.29, 1.82) is 5.26 Å². The third-order valence-corrected chi connectivity index (χ3v) is 2.10. The molecular weight excluding hydrogens is 198 g/mol. The van der Waals surface area contributed by atoms with Crippen LogP contribution in [0.1, 0.15) is 17.5 Å². The number of hydrogen-bond donors (Lipinski definition) is 0. The Hall–Kier alpha value is -1.20. The van der Waals surface area contributed by atoms with E-state index >= 15 is 0 Å². The van der Waals surface area contributed by atoms with E-state index < -0.39 is 0 Å². The van der Waals surface area contributed by atoms with Crippen molar-refractivity contribution in [3.05, 3.63) is 28.3 Å². The van der Waals surface area contributed by atoms with Crippen molar-refractivity contribution in [2.24, 2.45) is 0 Å². The Morgan fingerprint density at radius 2 is 1.93 bits per heavy atom. The van der Waals surface area contributed by atoms with Gasteiger partial charge in [0.05, 0.1) is 12.5 Å². The van der Waals surface area contributed by atoms with E-state index in [4.69, 9.17) is 21.6 Å². The van der Waals surface area contributed by atoms with Gasteiger partial charge in [-0.1, -0.05) is 11.6 Å². The molecule has 0 bridgehead atoms. The van der Waals surface area contributed by atoms with Crippen LogP contribution in [0.15, 0.2) is 12.1 Å². The van der Waals surface area contributed by atoms with Crippen molar-refractivity contribution in [2.45, 2.75) is 20.3 Å². The first-order valence-electron chi connectivity index (χ1n) is 4.41. The lowest BCUT2D eigenvalue weighted by Crippen LogP contribution is -1.99. The van der Waals surface area contributed by atoms with Gasteiger partial charge in [-0.25, -0.2) is 0 Å². The number of rotatable bonds is 3. The maximum Gasteiger partial charge on any atom is 0.125 e. The van der Waals surface area contributed by atoms with E-state index in [9.17, 15) is 0 Å². The lowest BCUT2D eigenvalue weighted by atomic mass is 10.1. The summed E-state index contributed by atoms with van der Waals surface area (Å²) in [6.45, 7) is 4.32. The Bertz CT molecular complexity index is 345. The van der Waals surface area contributed by atoms with Crippen LogP contribution in [-0.4, -0.2) is 6.61 Å². The molecule has 1 rings (SSSR count). The first kappa shape index (κ1) is 10.9. The highest BCUT2D eigenvalue weighted by molar-refractivity contribution is 6.30. The first-order chi connectivity index (χ1) is 6.65. The number of halogens is 1. The average molecular weight is 210 g/mol. The SMILES string of the molecule is Cc1cc(Cl)cc(C)c1OCCC#N. The summed E-state index contributed by atoms with van der Waals surface area (Å²) in [5, 5.41) is 9.09. The Morgan fingerprint density at radius 1 is 1.36 bits per heavy atom. The van der Waals surface area contributed by atoms with Gasteiger partial charge >= 0.3 is 0 Å². The zero-order valence-corrected chi connectivity index (χ0v) is 9.06. The van der Waals surface area contributed by atoms with E-state index in [1.807, 2.05) is 32.0 Å². The molecule has 74 valence electrons. The monoisotopic (exact) mass is 209 g/mol. The Morgan fingerprint density at radius 3 is 2.43 bits per heavy atom. The molecule has 0 aliphatic heterocycles. The molecule has 0 aliphatic carbocycles. The molecule has 0 saturated carbocycles. The molecule has 0 aliphatic rings. The van der Waals surface area contributed by atoms with E-state index in [-0.39, 0.29) is 0 Å². The summed E-state index contributed by atoms with van der Waals surface area (Å²) < 4.78 is 5.48. The fourth-order valence-electron chi connectivity index (χ4n) is 1.32. The summed E-state index contributed by atoms with van der Waals surface area (Å²) in [5.74, 6) is 0.838. The molecule has 0 unspecified atom stereocenters. The highest BCUT2D eigenvalue weighted by Crippen LogP contribution is 2.26. The van der Waals surface area contributed by atoms with E-state index in [2.05, 4.69) is 0 Å². The third-order valence-electron chi connectivity index (χ3n) is 1.89. The van der Waals surface area contributed by atoms with Crippen molar-refractivity contribution in [2.75, 3.05) is 6.61 Å². The molecular formula is C11H12ClNO. The van der Waals surface area contributed by atoms with Crippen molar-refractivity contribution >= 4 is 11.6 Å². The van der Waals surface area contributed by atoms with Gasteiger partial charge in [-0.15, -0.1) is 0 Å². The number of benzene rings is 1. The summed E-state index contributed by atoms with van der Waals surface area (Å²) in [5.41, 5.74) is 2.01. The van der Waals surface area contributed by atoms with E-state index in [1.54, 1.807) is 0 Å². The molecule has 14 heavy (non-hydrogen) atoms. The molecule has 3 heteroatoms. The van der Waals surface area contributed by atoms with E-state index in [1.165, 1.54) is 0 Å². The number of ether oxygens (including phenoxy) is 1. The molecule has 0 N–H and O–H groups in total. The molecule has 0 radical (unpaired) electrons. The van der Waals surface area contributed by atoms with Gasteiger partial charge in [0.15, 0.2) is 0 Å². The van der Waals surface area contributed by atoms with Gasteiger partial charge in [-0.2, -0.15) is 5.26 Å². The molecule has 0 heterocycles.